The van der Waals surface area contributed by atoms with Crippen LogP contribution in [0.1, 0.15) is 31.7 Å². The Morgan fingerprint density at radius 3 is 2.30 bits per heavy atom. The maximum atomic E-state index is 12.2. The van der Waals surface area contributed by atoms with Gasteiger partial charge in [0.1, 0.15) is 5.75 Å². The Hall–Kier alpha value is -1.11. The normalized spacial score (nSPS) is 18.7. The van der Waals surface area contributed by atoms with Gasteiger partial charge >= 0.3 is 0 Å². The summed E-state index contributed by atoms with van der Waals surface area (Å²) in [6.45, 7) is 2.96. The standard InChI is InChI=1S/C17H27NO4S/c1-3-12-23(20,21)18-10-8-17(14-19,9-11-18)13-15-4-6-16(22-2)7-5-15/h4-7,19H,3,8-14H2,1-2H3. The van der Waals surface area contributed by atoms with Crippen LogP contribution in [0.25, 0.3) is 0 Å². The van der Waals surface area contributed by atoms with Crippen molar-refractivity contribution in [3.63, 3.8) is 0 Å². The van der Waals surface area contributed by atoms with E-state index in [2.05, 4.69) is 0 Å². The average Bonchev–Trinajstić information content (AvgIpc) is 2.56. The number of piperidine rings is 1. The summed E-state index contributed by atoms with van der Waals surface area (Å²) in [6, 6.07) is 7.86. The van der Waals surface area contributed by atoms with Crippen molar-refractivity contribution < 1.29 is 18.3 Å². The van der Waals surface area contributed by atoms with Crippen LogP contribution in [0.4, 0.5) is 0 Å². The summed E-state index contributed by atoms with van der Waals surface area (Å²) in [6.07, 6.45) is 2.78. The Labute approximate surface area is 139 Å². The summed E-state index contributed by atoms with van der Waals surface area (Å²) in [7, 11) is -1.50. The molecule has 0 saturated carbocycles. The predicted octanol–water partition coefficient (Wildman–Crippen LogP) is 2.05. The smallest absolute Gasteiger partial charge is 0.214 e. The largest absolute Gasteiger partial charge is 0.497 e. The maximum absolute atomic E-state index is 12.2. The monoisotopic (exact) mass is 341 g/mol. The number of aliphatic hydroxyl groups excluding tert-OH is 1. The van der Waals surface area contributed by atoms with Gasteiger partial charge in [-0.05, 0) is 48.8 Å². The SMILES string of the molecule is CCCS(=O)(=O)N1CCC(CO)(Cc2ccc(OC)cc2)CC1. The highest BCUT2D eigenvalue weighted by Gasteiger charge is 2.37. The van der Waals surface area contributed by atoms with Gasteiger partial charge < -0.3 is 9.84 Å². The highest BCUT2D eigenvalue weighted by Crippen LogP contribution is 2.36. The first kappa shape index (κ1) is 18.2. The molecule has 1 saturated heterocycles. The van der Waals surface area contributed by atoms with Crippen molar-refractivity contribution in [2.24, 2.45) is 5.41 Å². The lowest BCUT2D eigenvalue weighted by Gasteiger charge is -2.40. The quantitative estimate of drug-likeness (QED) is 0.824. The van der Waals surface area contributed by atoms with Gasteiger partial charge in [-0.1, -0.05) is 19.1 Å². The van der Waals surface area contributed by atoms with Crippen LogP contribution in [0.15, 0.2) is 24.3 Å². The van der Waals surface area contributed by atoms with Gasteiger partial charge in [0.2, 0.25) is 10.0 Å². The fraction of sp³-hybridized carbons (Fsp3) is 0.647. The van der Waals surface area contributed by atoms with Crippen LogP contribution in [0.2, 0.25) is 0 Å². The number of hydrogen-bond donors (Lipinski definition) is 1. The molecule has 1 aliphatic rings. The van der Waals surface area contributed by atoms with E-state index in [1.165, 1.54) is 0 Å². The number of hydrogen-bond acceptors (Lipinski definition) is 4. The summed E-state index contributed by atoms with van der Waals surface area (Å²) in [5, 5.41) is 9.90. The van der Waals surface area contributed by atoms with E-state index in [1.54, 1.807) is 11.4 Å². The number of rotatable bonds is 7. The topological polar surface area (TPSA) is 66.8 Å². The van der Waals surface area contributed by atoms with E-state index in [4.69, 9.17) is 4.74 Å². The molecule has 1 aromatic rings. The van der Waals surface area contributed by atoms with Gasteiger partial charge in [0.25, 0.3) is 0 Å². The summed E-state index contributed by atoms with van der Waals surface area (Å²) in [4.78, 5) is 0. The summed E-state index contributed by atoms with van der Waals surface area (Å²) < 4.78 is 31.1. The van der Waals surface area contributed by atoms with Crippen LogP contribution in [0.5, 0.6) is 5.75 Å². The zero-order valence-electron chi connectivity index (χ0n) is 14.0. The molecular formula is C17H27NO4S. The number of ether oxygens (including phenoxy) is 1. The third-order valence-corrected chi connectivity index (χ3v) is 6.79. The maximum Gasteiger partial charge on any atom is 0.214 e. The lowest BCUT2D eigenvalue weighted by Crippen LogP contribution is -2.46. The van der Waals surface area contributed by atoms with E-state index < -0.39 is 10.0 Å². The minimum Gasteiger partial charge on any atom is -0.497 e. The molecule has 130 valence electrons. The molecular weight excluding hydrogens is 314 g/mol. The Morgan fingerprint density at radius 1 is 1.22 bits per heavy atom. The van der Waals surface area contributed by atoms with Crippen molar-refractivity contribution in [3.8, 4) is 5.75 Å². The summed E-state index contributed by atoms with van der Waals surface area (Å²) >= 11 is 0. The molecule has 0 aliphatic carbocycles. The molecule has 0 spiro atoms. The van der Waals surface area contributed by atoms with Crippen molar-refractivity contribution in [1.82, 2.24) is 4.31 Å². The molecule has 2 rings (SSSR count). The van der Waals surface area contributed by atoms with Crippen LogP contribution in [-0.4, -0.2) is 50.4 Å². The molecule has 5 nitrogen and oxygen atoms in total. The van der Waals surface area contributed by atoms with Gasteiger partial charge in [0, 0.05) is 19.7 Å². The van der Waals surface area contributed by atoms with Gasteiger partial charge in [-0.15, -0.1) is 0 Å². The molecule has 1 N–H and O–H groups in total. The van der Waals surface area contributed by atoms with Gasteiger partial charge in [-0.2, -0.15) is 0 Å². The summed E-state index contributed by atoms with van der Waals surface area (Å²) in [5.74, 6) is 1.02. The lowest BCUT2D eigenvalue weighted by atomic mass is 9.75. The molecule has 0 aromatic heterocycles. The lowest BCUT2D eigenvalue weighted by molar-refractivity contribution is 0.0684. The van der Waals surface area contributed by atoms with Gasteiger partial charge in [-0.3, -0.25) is 0 Å². The number of sulfonamides is 1. The second-order valence-electron chi connectivity index (χ2n) is 6.40. The number of aliphatic hydroxyl groups is 1. The Bertz CT molecular complexity index is 590. The summed E-state index contributed by atoms with van der Waals surface area (Å²) in [5.41, 5.74) is 0.914. The molecule has 0 unspecified atom stereocenters. The molecule has 23 heavy (non-hydrogen) atoms. The van der Waals surface area contributed by atoms with Crippen molar-refractivity contribution in [3.05, 3.63) is 29.8 Å². The predicted molar refractivity (Wildman–Crippen MR) is 91.1 cm³/mol. The first-order chi connectivity index (χ1) is 10.9. The van der Waals surface area contributed by atoms with Crippen LogP contribution < -0.4 is 4.74 Å². The zero-order chi connectivity index (χ0) is 16.9. The van der Waals surface area contributed by atoms with E-state index >= 15 is 0 Å². The zero-order valence-corrected chi connectivity index (χ0v) is 14.8. The molecule has 6 heteroatoms. The Balaban J connectivity index is 2.03. The highest BCUT2D eigenvalue weighted by atomic mass is 32.2. The average molecular weight is 341 g/mol. The molecule has 0 bridgehead atoms. The van der Waals surface area contributed by atoms with Crippen molar-refractivity contribution >= 4 is 10.0 Å². The van der Waals surface area contributed by atoms with Crippen LogP contribution in [0.3, 0.4) is 0 Å². The number of benzene rings is 1. The van der Waals surface area contributed by atoms with Crippen LogP contribution in [-0.2, 0) is 16.4 Å². The first-order valence-corrected chi connectivity index (χ1v) is 9.77. The molecule has 0 atom stereocenters. The fourth-order valence-electron chi connectivity index (χ4n) is 3.19. The minimum atomic E-state index is -3.14. The molecule has 0 amide bonds. The second-order valence-corrected chi connectivity index (χ2v) is 8.49. The molecule has 1 aromatic carbocycles. The molecule has 1 heterocycles. The fourth-order valence-corrected chi connectivity index (χ4v) is 4.71. The van der Waals surface area contributed by atoms with Crippen molar-refractivity contribution in [2.45, 2.75) is 32.6 Å². The van der Waals surface area contributed by atoms with Crippen molar-refractivity contribution in [1.29, 1.82) is 0 Å². The van der Waals surface area contributed by atoms with E-state index in [0.717, 1.165) is 17.7 Å². The van der Waals surface area contributed by atoms with Gasteiger partial charge in [-0.25, -0.2) is 12.7 Å². The first-order valence-electron chi connectivity index (χ1n) is 8.16. The van der Waals surface area contributed by atoms with Crippen LogP contribution in [0, 0.1) is 5.41 Å². The highest BCUT2D eigenvalue weighted by molar-refractivity contribution is 7.89. The van der Waals surface area contributed by atoms with E-state index in [1.807, 2.05) is 31.2 Å². The minimum absolute atomic E-state index is 0.0840. The third kappa shape index (κ3) is 4.46. The Morgan fingerprint density at radius 2 is 1.83 bits per heavy atom. The second kappa shape index (κ2) is 7.64. The molecule has 1 aliphatic heterocycles. The molecule has 1 fully saturated rings. The number of nitrogens with zero attached hydrogens (tertiary/aromatic N) is 1. The van der Waals surface area contributed by atoms with Crippen molar-refractivity contribution in [2.75, 3.05) is 32.6 Å². The molecule has 0 radical (unpaired) electrons. The number of methoxy groups -OCH3 is 1. The Kier molecular flexibility index (Phi) is 6.06. The van der Waals surface area contributed by atoms with E-state index in [9.17, 15) is 13.5 Å². The third-order valence-electron chi connectivity index (χ3n) is 4.71. The van der Waals surface area contributed by atoms with Gasteiger partial charge in [0.15, 0.2) is 0 Å². The van der Waals surface area contributed by atoms with E-state index in [0.29, 0.717) is 32.4 Å². The van der Waals surface area contributed by atoms with Crippen LogP contribution >= 0.6 is 0 Å². The van der Waals surface area contributed by atoms with Gasteiger partial charge in [0.05, 0.1) is 12.9 Å². The van der Waals surface area contributed by atoms with E-state index in [-0.39, 0.29) is 17.8 Å².